The van der Waals surface area contributed by atoms with Gasteiger partial charge < -0.3 is 15.4 Å². The molecule has 0 aromatic heterocycles. The topological polar surface area (TPSA) is 55.6 Å². The maximum atomic E-state index is 11.5. The van der Waals surface area contributed by atoms with E-state index in [1.54, 1.807) is 18.9 Å². The first-order valence-corrected chi connectivity index (χ1v) is 5.23. The third kappa shape index (κ3) is 3.27. The van der Waals surface area contributed by atoms with Crippen LogP contribution in [0.1, 0.15) is 26.2 Å². The van der Waals surface area contributed by atoms with Crippen molar-refractivity contribution in [1.29, 1.82) is 0 Å². The molecule has 82 valence electrons. The van der Waals surface area contributed by atoms with Gasteiger partial charge in [0.25, 0.3) is 0 Å². The zero-order chi connectivity index (χ0) is 10.6. The van der Waals surface area contributed by atoms with Gasteiger partial charge in [0, 0.05) is 20.2 Å². The smallest absolute Gasteiger partial charge is 0.239 e. The van der Waals surface area contributed by atoms with E-state index in [1.165, 1.54) is 6.42 Å². The monoisotopic (exact) mass is 200 g/mol. The molecule has 14 heavy (non-hydrogen) atoms. The van der Waals surface area contributed by atoms with Gasteiger partial charge in [-0.3, -0.25) is 4.79 Å². The Labute approximate surface area is 85.4 Å². The van der Waals surface area contributed by atoms with Crippen LogP contribution in [0.2, 0.25) is 0 Å². The van der Waals surface area contributed by atoms with E-state index in [2.05, 4.69) is 0 Å². The SMILES string of the molecule is CC(N)C(=O)N(C)CC1CCCCO1. The van der Waals surface area contributed by atoms with Crippen LogP contribution in [0.25, 0.3) is 0 Å². The highest BCUT2D eigenvalue weighted by Crippen LogP contribution is 2.13. The molecule has 1 fully saturated rings. The number of nitrogens with two attached hydrogens (primary N) is 1. The van der Waals surface area contributed by atoms with Crippen LogP contribution in [0.3, 0.4) is 0 Å². The van der Waals surface area contributed by atoms with Crippen LogP contribution in [0.4, 0.5) is 0 Å². The number of carbonyl (C=O) groups excluding carboxylic acids is 1. The zero-order valence-electron chi connectivity index (χ0n) is 9.03. The van der Waals surface area contributed by atoms with E-state index in [4.69, 9.17) is 10.5 Å². The van der Waals surface area contributed by atoms with E-state index in [0.29, 0.717) is 6.54 Å². The summed E-state index contributed by atoms with van der Waals surface area (Å²) in [5, 5.41) is 0. The molecule has 0 aromatic rings. The highest BCUT2D eigenvalue weighted by molar-refractivity contribution is 5.80. The maximum absolute atomic E-state index is 11.5. The van der Waals surface area contributed by atoms with Gasteiger partial charge in [0.1, 0.15) is 0 Å². The van der Waals surface area contributed by atoms with E-state index in [9.17, 15) is 4.79 Å². The third-order valence-corrected chi connectivity index (χ3v) is 2.52. The first-order chi connectivity index (χ1) is 6.61. The molecule has 1 aliphatic rings. The standard InChI is InChI=1S/C10H20N2O2/c1-8(11)10(13)12(2)7-9-5-3-4-6-14-9/h8-9H,3-7,11H2,1-2H3. The van der Waals surface area contributed by atoms with Crippen molar-refractivity contribution >= 4 is 5.91 Å². The number of hydrogen-bond donors (Lipinski definition) is 1. The van der Waals surface area contributed by atoms with E-state index >= 15 is 0 Å². The van der Waals surface area contributed by atoms with Gasteiger partial charge in [0.15, 0.2) is 0 Å². The van der Waals surface area contributed by atoms with Crippen molar-refractivity contribution in [3.63, 3.8) is 0 Å². The molecule has 2 N–H and O–H groups in total. The Balaban J connectivity index is 2.31. The van der Waals surface area contributed by atoms with Gasteiger partial charge in [-0.2, -0.15) is 0 Å². The van der Waals surface area contributed by atoms with Crippen molar-refractivity contribution in [2.24, 2.45) is 5.73 Å². The van der Waals surface area contributed by atoms with E-state index in [-0.39, 0.29) is 12.0 Å². The molecule has 4 nitrogen and oxygen atoms in total. The molecule has 0 saturated carbocycles. The maximum Gasteiger partial charge on any atom is 0.239 e. The molecule has 0 aromatic carbocycles. The highest BCUT2D eigenvalue weighted by atomic mass is 16.5. The Bertz CT molecular complexity index is 189. The number of rotatable bonds is 3. The Kier molecular flexibility index (Phi) is 4.35. The lowest BCUT2D eigenvalue weighted by molar-refractivity contribution is -0.133. The number of likely N-dealkylation sites (N-methyl/N-ethyl adjacent to an activating group) is 1. The molecule has 1 aliphatic heterocycles. The minimum atomic E-state index is -0.413. The van der Waals surface area contributed by atoms with Gasteiger partial charge in [-0.05, 0) is 26.2 Å². The normalized spacial score (nSPS) is 24.4. The predicted octanol–water partition coefficient (Wildman–Crippen LogP) is 0.361. The molecule has 2 unspecified atom stereocenters. The van der Waals surface area contributed by atoms with Crippen molar-refractivity contribution in [3.05, 3.63) is 0 Å². The lowest BCUT2D eigenvalue weighted by Gasteiger charge is -2.28. The van der Waals surface area contributed by atoms with Crippen LogP contribution in [0.5, 0.6) is 0 Å². The lowest BCUT2D eigenvalue weighted by atomic mass is 10.1. The summed E-state index contributed by atoms with van der Waals surface area (Å²) in [5.41, 5.74) is 5.51. The van der Waals surface area contributed by atoms with Gasteiger partial charge >= 0.3 is 0 Å². The fourth-order valence-electron chi connectivity index (χ4n) is 1.69. The molecule has 0 spiro atoms. The molecular weight excluding hydrogens is 180 g/mol. The number of amides is 1. The number of carbonyl (C=O) groups is 1. The zero-order valence-corrected chi connectivity index (χ0v) is 9.03. The Hall–Kier alpha value is -0.610. The van der Waals surface area contributed by atoms with Gasteiger partial charge in [0.05, 0.1) is 12.1 Å². The number of nitrogens with zero attached hydrogens (tertiary/aromatic N) is 1. The molecular formula is C10H20N2O2. The highest BCUT2D eigenvalue weighted by Gasteiger charge is 2.20. The van der Waals surface area contributed by atoms with Crippen LogP contribution in [-0.2, 0) is 9.53 Å². The van der Waals surface area contributed by atoms with E-state index in [0.717, 1.165) is 19.4 Å². The van der Waals surface area contributed by atoms with Gasteiger partial charge in [-0.25, -0.2) is 0 Å². The lowest BCUT2D eigenvalue weighted by Crippen LogP contribution is -2.44. The summed E-state index contributed by atoms with van der Waals surface area (Å²) in [4.78, 5) is 13.1. The average molecular weight is 200 g/mol. The van der Waals surface area contributed by atoms with E-state index in [1.807, 2.05) is 0 Å². The molecule has 0 bridgehead atoms. The summed E-state index contributed by atoms with van der Waals surface area (Å²) in [6.07, 6.45) is 3.60. The summed E-state index contributed by atoms with van der Waals surface area (Å²) in [5.74, 6) is -0.0147. The van der Waals surface area contributed by atoms with Crippen LogP contribution in [0.15, 0.2) is 0 Å². The summed E-state index contributed by atoms with van der Waals surface area (Å²) < 4.78 is 5.54. The van der Waals surface area contributed by atoms with Crippen molar-refractivity contribution < 1.29 is 9.53 Å². The third-order valence-electron chi connectivity index (χ3n) is 2.52. The molecule has 1 saturated heterocycles. The summed E-state index contributed by atoms with van der Waals surface area (Å²) in [6.45, 7) is 3.20. The average Bonchev–Trinajstić information content (AvgIpc) is 2.18. The minimum Gasteiger partial charge on any atom is -0.376 e. The summed E-state index contributed by atoms with van der Waals surface area (Å²) >= 11 is 0. The van der Waals surface area contributed by atoms with Crippen molar-refractivity contribution in [2.45, 2.75) is 38.3 Å². The molecule has 1 heterocycles. The van der Waals surface area contributed by atoms with Gasteiger partial charge in [-0.1, -0.05) is 0 Å². The fraction of sp³-hybridized carbons (Fsp3) is 0.900. The molecule has 1 rings (SSSR count). The first kappa shape index (κ1) is 11.5. The fourth-order valence-corrected chi connectivity index (χ4v) is 1.69. The van der Waals surface area contributed by atoms with Crippen molar-refractivity contribution in [3.8, 4) is 0 Å². The number of ether oxygens (including phenoxy) is 1. The second kappa shape index (κ2) is 5.32. The Morgan fingerprint density at radius 3 is 2.86 bits per heavy atom. The first-order valence-electron chi connectivity index (χ1n) is 5.23. The molecule has 1 amide bonds. The van der Waals surface area contributed by atoms with Crippen LogP contribution < -0.4 is 5.73 Å². The number of hydrogen-bond acceptors (Lipinski definition) is 3. The summed E-state index contributed by atoms with van der Waals surface area (Å²) in [6, 6.07) is -0.413. The Morgan fingerprint density at radius 1 is 1.64 bits per heavy atom. The molecule has 4 heteroatoms. The largest absolute Gasteiger partial charge is 0.376 e. The van der Waals surface area contributed by atoms with Crippen LogP contribution in [0, 0.1) is 0 Å². The second-order valence-corrected chi connectivity index (χ2v) is 4.00. The van der Waals surface area contributed by atoms with Gasteiger partial charge in [-0.15, -0.1) is 0 Å². The van der Waals surface area contributed by atoms with Crippen molar-refractivity contribution in [1.82, 2.24) is 4.90 Å². The Morgan fingerprint density at radius 2 is 2.36 bits per heavy atom. The van der Waals surface area contributed by atoms with E-state index < -0.39 is 6.04 Å². The molecule has 2 atom stereocenters. The van der Waals surface area contributed by atoms with Crippen LogP contribution in [-0.4, -0.2) is 43.2 Å². The van der Waals surface area contributed by atoms with Crippen LogP contribution >= 0.6 is 0 Å². The van der Waals surface area contributed by atoms with Gasteiger partial charge in [0.2, 0.25) is 5.91 Å². The summed E-state index contributed by atoms with van der Waals surface area (Å²) in [7, 11) is 1.78. The quantitative estimate of drug-likeness (QED) is 0.715. The minimum absolute atomic E-state index is 0.0147. The molecule has 0 radical (unpaired) electrons. The van der Waals surface area contributed by atoms with Crippen molar-refractivity contribution in [2.75, 3.05) is 20.2 Å². The predicted molar refractivity (Wildman–Crippen MR) is 54.9 cm³/mol. The molecule has 0 aliphatic carbocycles. The second-order valence-electron chi connectivity index (χ2n) is 4.00.